The van der Waals surface area contributed by atoms with Crippen molar-refractivity contribution in [3.8, 4) is 0 Å². The molecule has 0 aliphatic carbocycles. The maximum absolute atomic E-state index is 12.2. The molecule has 0 atom stereocenters. The lowest BCUT2D eigenvalue weighted by Gasteiger charge is -2.08. The van der Waals surface area contributed by atoms with E-state index in [-0.39, 0.29) is 11.5 Å². The lowest BCUT2D eigenvalue weighted by atomic mass is 10.0. The lowest BCUT2D eigenvalue weighted by Crippen LogP contribution is -2.26. The number of benzene rings is 1. The van der Waals surface area contributed by atoms with Crippen molar-refractivity contribution >= 4 is 16.8 Å². The highest BCUT2D eigenvalue weighted by molar-refractivity contribution is 5.83. The number of carbonyl (C=O) groups excluding carboxylic acids is 1. The number of fused-ring (bicyclic) bond motifs is 1. The van der Waals surface area contributed by atoms with Crippen LogP contribution < -0.4 is 10.9 Å². The van der Waals surface area contributed by atoms with E-state index in [1.807, 2.05) is 32.0 Å². The Kier molecular flexibility index (Phi) is 5.93. The molecule has 0 aliphatic rings. The fraction of sp³-hybridized carbons (Fsp3) is 0.444. The van der Waals surface area contributed by atoms with E-state index in [4.69, 9.17) is 4.74 Å². The SMILES string of the molecule is COCCCNC(=O)CCc1cc2ccc(C)c(C)c2[nH]c1=O. The number of aromatic amines is 1. The molecule has 0 fully saturated rings. The smallest absolute Gasteiger partial charge is 0.251 e. The second-order valence-electron chi connectivity index (χ2n) is 5.79. The third-order valence-corrected chi connectivity index (χ3v) is 4.10. The number of methoxy groups -OCH3 is 1. The van der Waals surface area contributed by atoms with Crippen LogP contribution in [0, 0.1) is 13.8 Å². The average Bonchev–Trinajstić information content (AvgIpc) is 2.54. The Labute approximate surface area is 136 Å². The Hall–Kier alpha value is -2.14. The molecular weight excluding hydrogens is 292 g/mol. The Morgan fingerprint density at radius 1 is 1.30 bits per heavy atom. The summed E-state index contributed by atoms with van der Waals surface area (Å²) in [5.74, 6) is -0.0410. The number of H-pyrrole nitrogens is 1. The number of aryl methyl sites for hydroxylation is 3. The number of ether oxygens (including phenoxy) is 1. The highest BCUT2D eigenvalue weighted by Crippen LogP contribution is 2.19. The molecule has 1 aromatic heterocycles. The molecule has 5 nitrogen and oxygen atoms in total. The van der Waals surface area contributed by atoms with Gasteiger partial charge in [0.15, 0.2) is 0 Å². The minimum Gasteiger partial charge on any atom is -0.385 e. The molecule has 0 spiro atoms. The first-order valence-electron chi connectivity index (χ1n) is 7.90. The number of pyridine rings is 1. The Bertz CT molecular complexity index is 750. The van der Waals surface area contributed by atoms with Gasteiger partial charge in [-0.3, -0.25) is 9.59 Å². The molecule has 1 aromatic carbocycles. The average molecular weight is 316 g/mol. The first-order valence-corrected chi connectivity index (χ1v) is 7.90. The largest absolute Gasteiger partial charge is 0.385 e. The fourth-order valence-electron chi connectivity index (χ4n) is 2.54. The van der Waals surface area contributed by atoms with Crippen LogP contribution >= 0.6 is 0 Å². The zero-order chi connectivity index (χ0) is 16.8. The van der Waals surface area contributed by atoms with Crippen molar-refractivity contribution in [2.75, 3.05) is 20.3 Å². The van der Waals surface area contributed by atoms with Crippen LogP contribution in [0.1, 0.15) is 29.5 Å². The molecule has 23 heavy (non-hydrogen) atoms. The number of rotatable bonds is 7. The number of amides is 1. The number of hydrogen-bond donors (Lipinski definition) is 2. The van der Waals surface area contributed by atoms with Gasteiger partial charge in [0.05, 0.1) is 5.52 Å². The number of carbonyl (C=O) groups is 1. The molecular formula is C18H24N2O3. The highest BCUT2D eigenvalue weighted by atomic mass is 16.5. The van der Waals surface area contributed by atoms with Crippen LogP contribution in [0.3, 0.4) is 0 Å². The van der Waals surface area contributed by atoms with Gasteiger partial charge in [-0.05, 0) is 49.3 Å². The van der Waals surface area contributed by atoms with Gasteiger partial charge < -0.3 is 15.0 Å². The molecule has 5 heteroatoms. The van der Waals surface area contributed by atoms with Gasteiger partial charge in [0.1, 0.15) is 0 Å². The zero-order valence-corrected chi connectivity index (χ0v) is 14.0. The number of hydrogen-bond acceptors (Lipinski definition) is 3. The Morgan fingerprint density at radius 3 is 2.83 bits per heavy atom. The van der Waals surface area contributed by atoms with Crippen molar-refractivity contribution in [1.29, 1.82) is 0 Å². The number of nitrogens with one attached hydrogen (secondary N) is 2. The van der Waals surface area contributed by atoms with Gasteiger partial charge in [0, 0.05) is 32.2 Å². The summed E-state index contributed by atoms with van der Waals surface area (Å²) in [5, 5.41) is 3.83. The molecule has 0 radical (unpaired) electrons. The van der Waals surface area contributed by atoms with Crippen molar-refractivity contribution in [2.24, 2.45) is 0 Å². The predicted octanol–water partition coefficient (Wildman–Crippen LogP) is 2.23. The monoisotopic (exact) mass is 316 g/mol. The maximum atomic E-state index is 12.2. The van der Waals surface area contributed by atoms with Crippen LogP contribution in [-0.4, -0.2) is 31.2 Å². The van der Waals surface area contributed by atoms with E-state index in [0.29, 0.717) is 31.6 Å². The van der Waals surface area contributed by atoms with E-state index in [1.165, 1.54) is 0 Å². The summed E-state index contributed by atoms with van der Waals surface area (Å²) in [6.07, 6.45) is 1.54. The summed E-state index contributed by atoms with van der Waals surface area (Å²) in [6, 6.07) is 5.93. The highest BCUT2D eigenvalue weighted by Gasteiger charge is 2.08. The van der Waals surface area contributed by atoms with Crippen molar-refractivity contribution in [2.45, 2.75) is 33.1 Å². The van der Waals surface area contributed by atoms with Gasteiger partial charge in [0.25, 0.3) is 5.56 Å². The third-order valence-electron chi connectivity index (χ3n) is 4.10. The molecule has 0 bridgehead atoms. The first kappa shape index (κ1) is 17.2. The second-order valence-corrected chi connectivity index (χ2v) is 5.79. The van der Waals surface area contributed by atoms with Crippen LogP contribution in [0.4, 0.5) is 0 Å². The molecule has 0 aliphatic heterocycles. The van der Waals surface area contributed by atoms with Crippen molar-refractivity contribution in [3.63, 3.8) is 0 Å². The van der Waals surface area contributed by atoms with Crippen LogP contribution in [0.15, 0.2) is 23.0 Å². The van der Waals surface area contributed by atoms with E-state index in [2.05, 4.69) is 10.3 Å². The van der Waals surface area contributed by atoms with E-state index in [1.54, 1.807) is 7.11 Å². The molecule has 124 valence electrons. The van der Waals surface area contributed by atoms with Crippen LogP contribution in [0.5, 0.6) is 0 Å². The van der Waals surface area contributed by atoms with Crippen molar-refractivity contribution in [3.05, 3.63) is 45.2 Å². The lowest BCUT2D eigenvalue weighted by molar-refractivity contribution is -0.121. The van der Waals surface area contributed by atoms with Gasteiger partial charge in [-0.25, -0.2) is 0 Å². The summed E-state index contributed by atoms with van der Waals surface area (Å²) < 4.78 is 4.93. The molecule has 0 unspecified atom stereocenters. The van der Waals surface area contributed by atoms with Gasteiger partial charge in [-0.2, -0.15) is 0 Å². The Morgan fingerprint density at radius 2 is 2.09 bits per heavy atom. The summed E-state index contributed by atoms with van der Waals surface area (Å²) in [6.45, 7) is 5.25. The summed E-state index contributed by atoms with van der Waals surface area (Å²) >= 11 is 0. The summed E-state index contributed by atoms with van der Waals surface area (Å²) in [5.41, 5.74) is 3.65. The minimum atomic E-state index is -0.113. The topological polar surface area (TPSA) is 71.2 Å². The molecule has 2 rings (SSSR count). The van der Waals surface area contributed by atoms with Gasteiger partial charge in [0.2, 0.25) is 5.91 Å². The van der Waals surface area contributed by atoms with Gasteiger partial charge >= 0.3 is 0 Å². The van der Waals surface area contributed by atoms with Gasteiger partial charge in [-0.1, -0.05) is 12.1 Å². The molecule has 2 N–H and O–H groups in total. The van der Waals surface area contributed by atoms with Crippen molar-refractivity contribution < 1.29 is 9.53 Å². The van der Waals surface area contributed by atoms with Gasteiger partial charge in [-0.15, -0.1) is 0 Å². The standard InChI is InChI=1S/C18H24N2O3/c1-12-5-6-14-11-15(18(22)20-17(14)13(12)2)7-8-16(21)19-9-4-10-23-3/h5-6,11H,4,7-10H2,1-3H3,(H,19,21)(H,20,22). The molecule has 2 aromatic rings. The van der Waals surface area contributed by atoms with E-state index in [9.17, 15) is 9.59 Å². The second kappa shape index (κ2) is 7.92. The van der Waals surface area contributed by atoms with E-state index < -0.39 is 0 Å². The van der Waals surface area contributed by atoms with Crippen LogP contribution in [0.2, 0.25) is 0 Å². The summed E-state index contributed by atoms with van der Waals surface area (Å²) in [4.78, 5) is 26.9. The Balaban J connectivity index is 2.03. The first-order chi connectivity index (χ1) is 11.0. The minimum absolute atomic E-state index is 0.0410. The fourth-order valence-corrected chi connectivity index (χ4v) is 2.54. The molecule has 0 saturated heterocycles. The third kappa shape index (κ3) is 4.42. The molecule has 1 heterocycles. The van der Waals surface area contributed by atoms with Crippen LogP contribution in [0.25, 0.3) is 10.9 Å². The maximum Gasteiger partial charge on any atom is 0.251 e. The number of aromatic nitrogens is 1. The summed E-state index contributed by atoms with van der Waals surface area (Å²) in [7, 11) is 1.64. The normalized spacial score (nSPS) is 10.9. The zero-order valence-electron chi connectivity index (χ0n) is 14.0. The molecule has 1 amide bonds. The quantitative estimate of drug-likeness (QED) is 0.770. The van der Waals surface area contributed by atoms with E-state index in [0.717, 1.165) is 28.5 Å². The van der Waals surface area contributed by atoms with Crippen molar-refractivity contribution in [1.82, 2.24) is 10.3 Å². The van der Waals surface area contributed by atoms with Crippen LogP contribution in [-0.2, 0) is 16.0 Å². The molecule has 0 saturated carbocycles. The predicted molar refractivity (Wildman–Crippen MR) is 91.9 cm³/mol. The van der Waals surface area contributed by atoms with E-state index >= 15 is 0 Å².